The Kier molecular flexibility index (Phi) is 5.97. The molecule has 4 heteroatoms. The van der Waals surface area contributed by atoms with Crippen LogP contribution in [-0.2, 0) is 0 Å². The number of aryl methyl sites for hydroxylation is 3. The number of allylic oxidation sites excluding steroid dienone is 1. The molecule has 0 unspecified atom stereocenters. The van der Waals surface area contributed by atoms with Crippen molar-refractivity contribution >= 4 is 11.9 Å². The van der Waals surface area contributed by atoms with Gasteiger partial charge in [-0.2, -0.15) is 5.26 Å². The van der Waals surface area contributed by atoms with Gasteiger partial charge in [-0.05, 0) is 67.3 Å². The van der Waals surface area contributed by atoms with Crippen molar-refractivity contribution in [2.75, 3.05) is 13.7 Å². The Morgan fingerprint density at radius 1 is 1.08 bits per heavy atom. The molecule has 0 aliphatic heterocycles. The smallest absolute Gasteiger partial charge is 0.186 e. The normalized spacial score (nSPS) is 10.5. The average molecular weight is 335 g/mol. The molecule has 0 saturated heterocycles. The molecule has 2 aromatic rings. The first kappa shape index (κ1) is 18.3. The number of benzene rings is 2. The van der Waals surface area contributed by atoms with Gasteiger partial charge in [0.05, 0.1) is 7.11 Å². The summed E-state index contributed by atoms with van der Waals surface area (Å²) in [6, 6.07) is 11.2. The summed E-state index contributed by atoms with van der Waals surface area (Å²) in [6.45, 7) is 5.93. The molecule has 4 nitrogen and oxygen atoms in total. The summed E-state index contributed by atoms with van der Waals surface area (Å²) < 4.78 is 10.6. The highest BCUT2D eigenvalue weighted by molar-refractivity contribution is 6.08. The SMILES string of the molecule is COc1cc(/C=C/C(=O)c2cc(C)c(C)cc2C)ccc1OCC#N. The van der Waals surface area contributed by atoms with Crippen molar-refractivity contribution in [3.05, 3.63) is 64.2 Å². The standard InChI is InChI=1S/C21H21NO3/c1-14-11-16(3)18(12-15(14)2)19(23)7-5-17-6-8-20(25-10-9-22)21(13-17)24-4/h5-8,11-13H,10H2,1-4H3/b7-5+. The van der Waals surface area contributed by atoms with Gasteiger partial charge in [0.2, 0.25) is 0 Å². The predicted octanol–water partition coefficient (Wildman–Crippen LogP) is 4.42. The number of carbonyl (C=O) groups excluding carboxylic acids is 1. The Bertz CT molecular complexity index is 860. The number of nitriles is 1. The topological polar surface area (TPSA) is 59.3 Å². The molecular formula is C21H21NO3. The second-order valence-corrected chi connectivity index (χ2v) is 5.81. The Hall–Kier alpha value is -3.06. The van der Waals surface area contributed by atoms with Crippen LogP contribution in [0.1, 0.15) is 32.6 Å². The van der Waals surface area contributed by atoms with Gasteiger partial charge in [0.1, 0.15) is 6.07 Å². The summed E-state index contributed by atoms with van der Waals surface area (Å²) in [5, 5.41) is 8.59. The third-order valence-corrected chi connectivity index (χ3v) is 4.01. The summed E-state index contributed by atoms with van der Waals surface area (Å²) in [5.41, 5.74) is 4.77. The number of hydrogen-bond acceptors (Lipinski definition) is 4. The van der Waals surface area contributed by atoms with Gasteiger partial charge in [0.25, 0.3) is 0 Å². The third kappa shape index (κ3) is 4.48. The highest BCUT2D eigenvalue weighted by Gasteiger charge is 2.09. The maximum Gasteiger partial charge on any atom is 0.186 e. The van der Waals surface area contributed by atoms with Gasteiger partial charge >= 0.3 is 0 Å². The van der Waals surface area contributed by atoms with Crippen LogP contribution in [0.15, 0.2) is 36.4 Å². The zero-order chi connectivity index (χ0) is 18.4. The first-order chi connectivity index (χ1) is 12.0. The number of ketones is 1. The lowest BCUT2D eigenvalue weighted by atomic mass is 9.97. The zero-order valence-electron chi connectivity index (χ0n) is 14.9. The lowest BCUT2D eigenvalue weighted by Crippen LogP contribution is -2.00. The van der Waals surface area contributed by atoms with E-state index in [0.717, 1.165) is 16.7 Å². The number of nitrogens with zero attached hydrogens (tertiary/aromatic N) is 1. The Labute approximate surface area is 148 Å². The monoisotopic (exact) mass is 335 g/mol. The first-order valence-electron chi connectivity index (χ1n) is 7.94. The molecule has 0 amide bonds. The fourth-order valence-corrected chi connectivity index (χ4v) is 2.50. The molecule has 0 aromatic heterocycles. The fraction of sp³-hybridized carbons (Fsp3) is 0.238. The van der Waals surface area contributed by atoms with E-state index in [1.54, 1.807) is 24.3 Å². The van der Waals surface area contributed by atoms with Crippen molar-refractivity contribution in [2.24, 2.45) is 0 Å². The number of ether oxygens (including phenoxy) is 2. The summed E-state index contributed by atoms with van der Waals surface area (Å²) in [5.74, 6) is 0.981. The van der Waals surface area contributed by atoms with E-state index in [2.05, 4.69) is 0 Å². The van der Waals surface area contributed by atoms with Gasteiger partial charge in [-0.1, -0.05) is 18.2 Å². The Morgan fingerprint density at radius 3 is 2.48 bits per heavy atom. The van der Waals surface area contributed by atoms with Crippen LogP contribution in [0, 0.1) is 32.1 Å². The minimum Gasteiger partial charge on any atom is -0.493 e. The van der Waals surface area contributed by atoms with Crippen LogP contribution in [0.4, 0.5) is 0 Å². The van der Waals surface area contributed by atoms with Gasteiger partial charge in [-0.15, -0.1) is 0 Å². The molecule has 0 atom stereocenters. The number of hydrogen-bond donors (Lipinski definition) is 0. The van der Waals surface area contributed by atoms with Crippen LogP contribution in [0.3, 0.4) is 0 Å². The van der Waals surface area contributed by atoms with E-state index >= 15 is 0 Å². The second kappa shape index (κ2) is 8.16. The lowest BCUT2D eigenvalue weighted by molar-refractivity contribution is 0.104. The number of carbonyl (C=O) groups is 1. The minimum absolute atomic E-state index is 0.0376. The maximum atomic E-state index is 12.5. The molecule has 0 aliphatic carbocycles. The molecule has 2 aromatic carbocycles. The largest absolute Gasteiger partial charge is 0.493 e. The van der Waals surface area contributed by atoms with Crippen LogP contribution < -0.4 is 9.47 Å². The van der Waals surface area contributed by atoms with Gasteiger partial charge in [0.15, 0.2) is 23.9 Å². The molecule has 0 fully saturated rings. The van der Waals surface area contributed by atoms with E-state index in [1.807, 2.05) is 45.0 Å². The molecule has 0 heterocycles. The first-order valence-corrected chi connectivity index (χ1v) is 7.94. The van der Waals surface area contributed by atoms with E-state index in [4.69, 9.17) is 14.7 Å². The number of rotatable bonds is 6. The van der Waals surface area contributed by atoms with Gasteiger partial charge < -0.3 is 9.47 Å². The zero-order valence-corrected chi connectivity index (χ0v) is 14.9. The van der Waals surface area contributed by atoms with E-state index in [1.165, 1.54) is 12.7 Å². The molecule has 0 saturated carbocycles. The van der Waals surface area contributed by atoms with Crippen LogP contribution in [0.2, 0.25) is 0 Å². The maximum absolute atomic E-state index is 12.5. The highest BCUT2D eigenvalue weighted by atomic mass is 16.5. The van der Waals surface area contributed by atoms with Crippen molar-refractivity contribution in [3.63, 3.8) is 0 Å². The van der Waals surface area contributed by atoms with Crippen molar-refractivity contribution in [3.8, 4) is 17.6 Å². The molecule has 2 rings (SSSR count). The summed E-state index contributed by atoms with van der Waals surface area (Å²) in [6.07, 6.45) is 3.30. The molecule has 128 valence electrons. The van der Waals surface area contributed by atoms with E-state index in [0.29, 0.717) is 17.1 Å². The van der Waals surface area contributed by atoms with Gasteiger partial charge in [-0.3, -0.25) is 4.79 Å². The van der Waals surface area contributed by atoms with E-state index in [9.17, 15) is 4.79 Å². The lowest BCUT2D eigenvalue weighted by Gasteiger charge is -2.09. The van der Waals surface area contributed by atoms with Crippen molar-refractivity contribution in [2.45, 2.75) is 20.8 Å². The van der Waals surface area contributed by atoms with E-state index < -0.39 is 0 Å². The van der Waals surface area contributed by atoms with Gasteiger partial charge in [-0.25, -0.2) is 0 Å². The predicted molar refractivity (Wildman–Crippen MR) is 98.1 cm³/mol. The summed E-state index contributed by atoms with van der Waals surface area (Å²) >= 11 is 0. The summed E-state index contributed by atoms with van der Waals surface area (Å²) in [7, 11) is 1.53. The van der Waals surface area contributed by atoms with Crippen LogP contribution >= 0.6 is 0 Å². The Balaban J connectivity index is 2.23. The quantitative estimate of drug-likeness (QED) is 0.579. The molecule has 0 spiro atoms. The number of methoxy groups -OCH3 is 1. The van der Waals surface area contributed by atoms with Crippen molar-refractivity contribution in [1.82, 2.24) is 0 Å². The van der Waals surface area contributed by atoms with Crippen LogP contribution in [-0.4, -0.2) is 19.5 Å². The van der Waals surface area contributed by atoms with Gasteiger partial charge in [0, 0.05) is 5.56 Å². The highest BCUT2D eigenvalue weighted by Crippen LogP contribution is 2.28. The Morgan fingerprint density at radius 2 is 1.80 bits per heavy atom. The molecule has 25 heavy (non-hydrogen) atoms. The fourth-order valence-electron chi connectivity index (χ4n) is 2.50. The van der Waals surface area contributed by atoms with E-state index in [-0.39, 0.29) is 12.4 Å². The molecule has 0 bridgehead atoms. The van der Waals surface area contributed by atoms with Crippen molar-refractivity contribution in [1.29, 1.82) is 5.26 Å². The third-order valence-electron chi connectivity index (χ3n) is 4.01. The molecular weight excluding hydrogens is 314 g/mol. The van der Waals surface area contributed by atoms with Crippen molar-refractivity contribution < 1.29 is 14.3 Å². The summed E-state index contributed by atoms with van der Waals surface area (Å²) in [4.78, 5) is 12.5. The molecule has 0 N–H and O–H groups in total. The minimum atomic E-state index is -0.0456. The second-order valence-electron chi connectivity index (χ2n) is 5.81. The average Bonchev–Trinajstić information content (AvgIpc) is 2.61. The molecule has 0 aliphatic rings. The van der Waals surface area contributed by atoms with Crippen LogP contribution in [0.25, 0.3) is 6.08 Å². The molecule has 0 radical (unpaired) electrons. The van der Waals surface area contributed by atoms with Crippen LogP contribution in [0.5, 0.6) is 11.5 Å².